The van der Waals surface area contributed by atoms with Crippen LogP contribution >= 0.6 is 0 Å². The van der Waals surface area contributed by atoms with Gasteiger partial charge in [-0.2, -0.15) is 0 Å². The molecule has 52 heavy (non-hydrogen) atoms. The van der Waals surface area contributed by atoms with E-state index in [4.69, 9.17) is 4.74 Å². The summed E-state index contributed by atoms with van der Waals surface area (Å²) in [5, 5.41) is 4.98. The average molecular weight is 741 g/mol. The first-order valence-electron chi connectivity index (χ1n) is 16.0. The molecule has 2 amide bonds. The van der Waals surface area contributed by atoms with Crippen LogP contribution in [0.5, 0.6) is 0 Å². The third-order valence-corrected chi connectivity index (χ3v) is 8.97. The van der Waals surface area contributed by atoms with Crippen molar-refractivity contribution in [3.8, 4) is 5.82 Å². The van der Waals surface area contributed by atoms with Crippen molar-refractivity contribution in [3.05, 3.63) is 110 Å². The van der Waals surface area contributed by atoms with E-state index in [0.29, 0.717) is 35.4 Å². The van der Waals surface area contributed by atoms with E-state index in [0.717, 1.165) is 4.57 Å². The van der Waals surface area contributed by atoms with Gasteiger partial charge in [0.1, 0.15) is 23.5 Å². The Balaban J connectivity index is 1.53. The number of benzene rings is 2. The number of hydrogen-bond donors (Lipinski definition) is 3. The number of nitrogens with zero attached hydrogens (tertiary/aromatic N) is 3. The highest BCUT2D eigenvalue weighted by Gasteiger charge is 2.27. The van der Waals surface area contributed by atoms with Gasteiger partial charge in [0.05, 0.1) is 22.8 Å². The van der Waals surface area contributed by atoms with Crippen LogP contribution in [0.15, 0.2) is 75.4 Å². The number of ether oxygens (including phenoxy) is 1. The molecule has 276 valence electrons. The second kappa shape index (κ2) is 15.7. The Morgan fingerprint density at radius 3 is 2.27 bits per heavy atom. The molecule has 2 heterocycles. The van der Waals surface area contributed by atoms with Crippen LogP contribution in [0.25, 0.3) is 5.82 Å². The lowest BCUT2D eigenvalue weighted by atomic mass is 9.95. The summed E-state index contributed by atoms with van der Waals surface area (Å²) in [7, 11) is -2.96. The van der Waals surface area contributed by atoms with Crippen LogP contribution in [0.1, 0.15) is 55.6 Å². The first kappa shape index (κ1) is 39.1. The second-order valence-corrected chi connectivity index (χ2v) is 14.6. The third kappa shape index (κ3) is 9.14. The van der Waals surface area contributed by atoms with Crippen LogP contribution in [-0.2, 0) is 37.8 Å². The van der Waals surface area contributed by atoms with Crippen molar-refractivity contribution in [2.45, 2.75) is 58.4 Å². The molecular weight excluding hydrogens is 702 g/mol. The minimum absolute atomic E-state index is 0.00801. The molecule has 0 aliphatic heterocycles. The second-order valence-electron chi connectivity index (χ2n) is 12.9. The molecule has 0 spiro atoms. The van der Waals surface area contributed by atoms with Crippen molar-refractivity contribution < 1.29 is 36.3 Å². The Hall–Kier alpha value is -5.71. The SMILES string of the molecule is CCCOC(=O)[C@H](Cc1ccc(-n2c(=O)c(C)cn(C)c2=O)nc1)NC(=O)c1cc(F)c(NS(=O)(=O)c2ccc(NC(=O)C(C)(C)C)cc2)cc1F. The highest BCUT2D eigenvalue weighted by molar-refractivity contribution is 7.92. The number of aromatic nitrogens is 3. The Kier molecular flexibility index (Phi) is 11.8. The first-order chi connectivity index (χ1) is 24.3. The number of sulfonamides is 1. The van der Waals surface area contributed by atoms with E-state index >= 15 is 8.78 Å². The van der Waals surface area contributed by atoms with Crippen molar-refractivity contribution in [1.82, 2.24) is 19.4 Å². The van der Waals surface area contributed by atoms with Crippen molar-refractivity contribution in [1.29, 1.82) is 0 Å². The normalized spacial score (nSPS) is 12.2. The Morgan fingerprint density at radius 2 is 1.67 bits per heavy atom. The first-order valence-corrected chi connectivity index (χ1v) is 17.5. The summed E-state index contributed by atoms with van der Waals surface area (Å²) in [6.45, 7) is 8.41. The number of carbonyl (C=O) groups is 3. The van der Waals surface area contributed by atoms with Gasteiger partial charge >= 0.3 is 11.7 Å². The van der Waals surface area contributed by atoms with Crippen LogP contribution in [-0.4, -0.2) is 53.0 Å². The van der Waals surface area contributed by atoms with Gasteiger partial charge in [-0.25, -0.2) is 36.3 Å². The van der Waals surface area contributed by atoms with Crippen LogP contribution in [0.3, 0.4) is 0 Å². The van der Waals surface area contributed by atoms with Crippen molar-refractivity contribution in [2.24, 2.45) is 12.5 Å². The molecule has 0 saturated carbocycles. The predicted octanol–water partition coefficient (Wildman–Crippen LogP) is 3.60. The van der Waals surface area contributed by atoms with Crippen LogP contribution in [0.2, 0.25) is 0 Å². The van der Waals surface area contributed by atoms with E-state index in [1.807, 2.05) is 4.72 Å². The fraction of sp³-hybridized carbons (Fsp3) is 0.314. The zero-order chi connectivity index (χ0) is 38.5. The van der Waals surface area contributed by atoms with Gasteiger partial charge in [0.25, 0.3) is 21.5 Å². The summed E-state index contributed by atoms with van der Waals surface area (Å²) < 4.78 is 65.6. The number of pyridine rings is 1. The van der Waals surface area contributed by atoms with Crippen LogP contribution in [0.4, 0.5) is 20.2 Å². The zero-order valence-electron chi connectivity index (χ0n) is 29.2. The molecule has 2 aromatic heterocycles. The molecule has 0 radical (unpaired) electrons. The molecule has 0 aliphatic carbocycles. The molecule has 0 fully saturated rings. The number of halogens is 2. The fourth-order valence-corrected chi connectivity index (χ4v) is 5.76. The van der Waals surface area contributed by atoms with Gasteiger partial charge in [-0.15, -0.1) is 0 Å². The smallest absolute Gasteiger partial charge is 0.336 e. The lowest BCUT2D eigenvalue weighted by Gasteiger charge is -2.19. The molecule has 1 atom stereocenters. The summed E-state index contributed by atoms with van der Waals surface area (Å²) >= 11 is 0. The van der Waals surface area contributed by atoms with Gasteiger partial charge < -0.3 is 19.9 Å². The number of rotatable bonds is 12. The van der Waals surface area contributed by atoms with Gasteiger partial charge in [-0.1, -0.05) is 33.8 Å². The molecule has 2 aromatic carbocycles. The molecule has 4 rings (SSSR count). The van der Waals surface area contributed by atoms with Crippen molar-refractivity contribution in [3.63, 3.8) is 0 Å². The molecular formula is C35H38F2N6O8S. The topological polar surface area (TPSA) is 188 Å². The number of amides is 2. The minimum atomic E-state index is -4.44. The van der Waals surface area contributed by atoms with E-state index in [2.05, 4.69) is 15.6 Å². The third-order valence-electron chi connectivity index (χ3n) is 7.59. The summed E-state index contributed by atoms with van der Waals surface area (Å²) in [4.78, 5) is 67.4. The number of hydrogen-bond acceptors (Lipinski definition) is 9. The zero-order valence-corrected chi connectivity index (χ0v) is 30.1. The largest absolute Gasteiger partial charge is 0.464 e. The van der Waals surface area contributed by atoms with Crippen molar-refractivity contribution in [2.75, 3.05) is 16.6 Å². The summed E-state index contributed by atoms with van der Waals surface area (Å²) in [5.74, 6) is -4.94. The molecule has 17 heteroatoms. The fourth-order valence-electron chi connectivity index (χ4n) is 4.70. The average Bonchev–Trinajstić information content (AvgIpc) is 3.08. The minimum Gasteiger partial charge on any atom is -0.464 e. The summed E-state index contributed by atoms with van der Waals surface area (Å²) in [5.41, 5.74) is -2.52. The molecule has 4 aromatic rings. The Labute approximate surface area is 297 Å². The molecule has 0 saturated heterocycles. The molecule has 3 N–H and O–H groups in total. The van der Waals surface area contributed by atoms with E-state index < -0.39 is 67.5 Å². The molecule has 14 nitrogen and oxygen atoms in total. The maximum atomic E-state index is 15.3. The number of anilines is 2. The van der Waals surface area contributed by atoms with E-state index in [9.17, 15) is 32.4 Å². The molecule has 0 bridgehead atoms. The summed E-state index contributed by atoms with van der Waals surface area (Å²) in [6, 6.07) is 7.43. The van der Waals surface area contributed by atoms with Gasteiger partial charge in [0.2, 0.25) is 5.91 Å². The van der Waals surface area contributed by atoms with E-state index in [1.54, 1.807) is 34.6 Å². The van der Waals surface area contributed by atoms with Crippen LogP contribution in [0, 0.1) is 24.0 Å². The lowest BCUT2D eigenvalue weighted by Crippen LogP contribution is -2.44. The number of nitrogens with one attached hydrogen (secondary N) is 3. The van der Waals surface area contributed by atoms with Gasteiger partial charge in [0.15, 0.2) is 0 Å². The predicted molar refractivity (Wildman–Crippen MR) is 188 cm³/mol. The number of esters is 1. The van der Waals surface area contributed by atoms with Crippen molar-refractivity contribution >= 4 is 39.2 Å². The summed E-state index contributed by atoms with van der Waals surface area (Å²) in [6.07, 6.45) is 2.91. The Morgan fingerprint density at radius 1 is 1.00 bits per heavy atom. The molecule has 0 unspecified atom stereocenters. The molecule has 0 aliphatic rings. The van der Waals surface area contributed by atoms with E-state index in [-0.39, 0.29) is 29.6 Å². The van der Waals surface area contributed by atoms with Gasteiger partial charge in [-0.3, -0.25) is 19.1 Å². The van der Waals surface area contributed by atoms with Gasteiger partial charge in [0, 0.05) is 48.6 Å². The monoisotopic (exact) mass is 740 g/mol. The van der Waals surface area contributed by atoms with Gasteiger partial charge in [-0.05, 0) is 55.3 Å². The Bertz CT molecular complexity index is 2200. The number of carbonyl (C=O) groups excluding carboxylic acids is 3. The lowest BCUT2D eigenvalue weighted by molar-refractivity contribution is -0.146. The highest BCUT2D eigenvalue weighted by Crippen LogP contribution is 2.25. The van der Waals surface area contributed by atoms with E-state index in [1.165, 1.54) is 60.4 Å². The maximum Gasteiger partial charge on any atom is 0.336 e. The van der Waals surface area contributed by atoms with Crippen LogP contribution < -0.4 is 26.6 Å². The number of aryl methyl sites for hydroxylation is 2. The quantitative estimate of drug-likeness (QED) is 0.183. The standard InChI is InChI=1S/C35H38F2N6O8S/c1-7-14-51-32(46)28(15-21-8-13-29(38-18-21)43-31(45)20(2)19-42(6)34(43)48)40-30(44)24-16-26(37)27(17-25(24)36)41-52(49,50)23-11-9-22(10-12-23)39-33(47)35(3,4)5/h8-13,16-19,28,41H,7,14-15H2,1-6H3,(H,39,47)(H,40,44)/t28-/m0/s1. The highest BCUT2D eigenvalue weighted by atomic mass is 32.2. The maximum absolute atomic E-state index is 15.3.